The number of aromatic nitrogens is 1. The molecule has 0 aliphatic rings. The average Bonchev–Trinajstić information content (AvgIpc) is 2.13. The molecule has 0 unspecified atom stereocenters. The maximum absolute atomic E-state index is 5.77. The maximum atomic E-state index is 5.77. The first kappa shape index (κ1) is 11.3. The fourth-order valence-corrected chi connectivity index (χ4v) is 1.67. The average molecular weight is 213 g/mol. The maximum Gasteiger partial charge on any atom is 0.0402 e. The van der Waals surface area contributed by atoms with Gasteiger partial charge in [0.05, 0.1) is 0 Å². The molecule has 78 valence electrons. The van der Waals surface area contributed by atoms with Crippen LogP contribution in [-0.4, -0.2) is 23.5 Å². The molecule has 0 fully saturated rings. The first-order valence-electron chi connectivity index (χ1n) is 4.90. The predicted octanol–water partition coefficient (Wildman–Crippen LogP) is 2.84. The van der Waals surface area contributed by atoms with E-state index in [1.54, 1.807) is 0 Å². The Morgan fingerprint density at radius 2 is 2.21 bits per heavy atom. The van der Waals surface area contributed by atoms with Gasteiger partial charge >= 0.3 is 0 Å². The van der Waals surface area contributed by atoms with Gasteiger partial charge in [0.15, 0.2) is 0 Å². The monoisotopic (exact) mass is 212 g/mol. The molecule has 2 nitrogen and oxygen atoms in total. The lowest BCUT2D eigenvalue weighted by Crippen LogP contribution is -2.32. The van der Waals surface area contributed by atoms with Crippen molar-refractivity contribution in [3.05, 3.63) is 24.0 Å². The minimum absolute atomic E-state index is 0.468. The van der Waals surface area contributed by atoms with Crippen LogP contribution in [0.15, 0.2) is 18.3 Å². The Labute approximate surface area is 90.9 Å². The van der Waals surface area contributed by atoms with Crippen LogP contribution in [0.5, 0.6) is 0 Å². The summed E-state index contributed by atoms with van der Waals surface area (Å²) in [6.45, 7) is 7.22. The molecular formula is C11H17ClN2. The number of anilines is 1. The van der Waals surface area contributed by atoms with Gasteiger partial charge in [-0.2, -0.15) is 0 Å². The third kappa shape index (κ3) is 2.88. The first-order chi connectivity index (χ1) is 6.65. The molecule has 0 amide bonds. The van der Waals surface area contributed by atoms with Crippen LogP contribution < -0.4 is 4.90 Å². The van der Waals surface area contributed by atoms with Crippen LogP contribution in [-0.2, 0) is 0 Å². The number of halogens is 1. The molecule has 0 radical (unpaired) electrons. The van der Waals surface area contributed by atoms with Gasteiger partial charge in [0, 0.05) is 36.0 Å². The van der Waals surface area contributed by atoms with Crippen molar-refractivity contribution >= 4 is 17.3 Å². The van der Waals surface area contributed by atoms with E-state index in [9.17, 15) is 0 Å². The number of hydrogen-bond donors (Lipinski definition) is 0. The predicted molar refractivity (Wildman–Crippen MR) is 62.2 cm³/mol. The molecule has 0 aliphatic heterocycles. The van der Waals surface area contributed by atoms with Crippen molar-refractivity contribution in [2.45, 2.75) is 26.8 Å². The first-order valence-corrected chi connectivity index (χ1v) is 5.44. The van der Waals surface area contributed by atoms with Gasteiger partial charge < -0.3 is 4.90 Å². The number of nitrogens with zero attached hydrogens (tertiary/aromatic N) is 2. The van der Waals surface area contributed by atoms with Crippen molar-refractivity contribution in [3.8, 4) is 0 Å². The summed E-state index contributed by atoms with van der Waals surface area (Å²) in [7, 11) is 0. The Morgan fingerprint density at radius 3 is 2.71 bits per heavy atom. The molecule has 0 bridgehead atoms. The van der Waals surface area contributed by atoms with Gasteiger partial charge in [0.1, 0.15) is 0 Å². The van der Waals surface area contributed by atoms with Crippen LogP contribution >= 0.6 is 11.6 Å². The van der Waals surface area contributed by atoms with Crippen molar-refractivity contribution in [2.24, 2.45) is 0 Å². The van der Waals surface area contributed by atoms with Crippen molar-refractivity contribution < 1.29 is 0 Å². The highest BCUT2D eigenvalue weighted by Crippen LogP contribution is 2.16. The lowest BCUT2D eigenvalue weighted by Gasteiger charge is -2.28. The van der Waals surface area contributed by atoms with Crippen LogP contribution in [0.4, 0.5) is 5.69 Å². The standard InChI is InChI=1S/C11H17ClN2/c1-9(2)14(7-5-12)11-4-6-13-10(3)8-11/h4,6,8-9H,5,7H2,1-3H3. The number of alkyl halides is 1. The number of aryl methyl sites for hydroxylation is 1. The topological polar surface area (TPSA) is 16.1 Å². The fourth-order valence-electron chi connectivity index (χ4n) is 1.49. The van der Waals surface area contributed by atoms with E-state index in [0.717, 1.165) is 12.2 Å². The molecule has 0 spiro atoms. The SMILES string of the molecule is Cc1cc(N(CCCl)C(C)C)ccn1. The van der Waals surface area contributed by atoms with Crippen LogP contribution in [0, 0.1) is 6.92 Å². The Kier molecular flexibility index (Phi) is 4.21. The second-order valence-electron chi connectivity index (χ2n) is 3.63. The molecule has 0 saturated heterocycles. The van der Waals surface area contributed by atoms with Gasteiger partial charge in [0.2, 0.25) is 0 Å². The zero-order valence-electron chi connectivity index (χ0n) is 9.00. The number of hydrogen-bond acceptors (Lipinski definition) is 2. The molecule has 1 rings (SSSR count). The number of rotatable bonds is 4. The molecule has 3 heteroatoms. The zero-order chi connectivity index (χ0) is 10.6. The van der Waals surface area contributed by atoms with Gasteiger partial charge in [-0.05, 0) is 32.9 Å². The Bertz CT molecular complexity index is 286. The van der Waals surface area contributed by atoms with Crippen LogP contribution in [0.1, 0.15) is 19.5 Å². The largest absolute Gasteiger partial charge is 0.368 e. The molecule has 14 heavy (non-hydrogen) atoms. The molecule has 0 saturated carbocycles. The summed E-state index contributed by atoms with van der Waals surface area (Å²) < 4.78 is 0. The summed E-state index contributed by atoms with van der Waals surface area (Å²) in [6, 6.07) is 4.59. The molecule has 1 aromatic heterocycles. The van der Waals surface area contributed by atoms with E-state index in [-0.39, 0.29) is 0 Å². The third-order valence-corrected chi connectivity index (χ3v) is 2.33. The van der Waals surface area contributed by atoms with Gasteiger partial charge in [-0.15, -0.1) is 11.6 Å². The van der Waals surface area contributed by atoms with Gasteiger partial charge in [-0.1, -0.05) is 0 Å². The minimum Gasteiger partial charge on any atom is -0.368 e. The second-order valence-corrected chi connectivity index (χ2v) is 4.01. The van der Waals surface area contributed by atoms with Gasteiger partial charge in [-0.3, -0.25) is 4.98 Å². The lowest BCUT2D eigenvalue weighted by molar-refractivity contribution is 0.705. The van der Waals surface area contributed by atoms with E-state index in [1.807, 2.05) is 19.2 Å². The fraction of sp³-hybridized carbons (Fsp3) is 0.545. The Morgan fingerprint density at radius 1 is 1.50 bits per heavy atom. The summed E-state index contributed by atoms with van der Waals surface area (Å²) in [5.74, 6) is 0.652. The van der Waals surface area contributed by atoms with Crippen molar-refractivity contribution in [2.75, 3.05) is 17.3 Å². The highest BCUT2D eigenvalue weighted by atomic mass is 35.5. The van der Waals surface area contributed by atoms with Crippen molar-refractivity contribution in [1.82, 2.24) is 4.98 Å². The summed E-state index contributed by atoms with van der Waals surface area (Å²) >= 11 is 5.77. The quantitative estimate of drug-likeness (QED) is 0.714. The summed E-state index contributed by atoms with van der Waals surface area (Å²) in [6.07, 6.45) is 1.84. The van der Waals surface area contributed by atoms with E-state index in [4.69, 9.17) is 11.6 Å². The van der Waals surface area contributed by atoms with E-state index < -0.39 is 0 Å². The normalized spacial score (nSPS) is 10.6. The summed E-state index contributed by atoms with van der Waals surface area (Å²) in [5.41, 5.74) is 2.25. The van der Waals surface area contributed by atoms with Crippen molar-refractivity contribution in [1.29, 1.82) is 0 Å². The molecule has 0 aromatic carbocycles. The highest BCUT2D eigenvalue weighted by molar-refractivity contribution is 6.18. The lowest BCUT2D eigenvalue weighted by atomic mass is 10.2. The summed E-state index contributed by atoms with van der Waals surface area (Å²) in [5, 5.41) is 0. The van der Waals surface area contributed by atoms with Crippen LogP contribution in [0.2, 0.25) is 0 Å². The molecule has 1 heterocycles. The van der Waals surface area contributed by atoms with Crippen LogP contribution in [0.25, 0.3) is 0 Å². The Balaban J connectivity index is 2.87. The van der Waals surface area contributed by atoms with E-state index in [1.165, 1.54) is 5.69 Å². The molecule has 0 atom stereocenters. The number of pyridine rings is 1. The summed E-state index contributed by atoms with van der Waals surface area (Å²) in [4.78, 5) is 6.46. The molecule has 1 aromatic rings. The van der Waals surface area contributed by atoms with Crippen LogP contribution in [0.3, 0.4) is 0 Å². The smallest absolute Gasteiger partial charge is 0.0402 e. The molecular weight excluding hydrogens is 196 g/mol. The van der Waals surface area contributed by atoms with E-state index >= 15 is 0 Å². The van der Waals surface area contributed by atoms with Crippen molar-refractivity contribution in [3.63, 3.8) is 0 Å². The Hall–Kier alpha value is -0.760. The second kappa shape index (κ2) is 5.20. The third-order valence-electron chi connectivity index (χ3n) is 2.16. The minimum atomic E-state index is 0.468. The molecule has 0 N–H and O–H groups in total. The van der Waals surface area contributed by atoms with Gasteiger partial charge in [-0.25, -0.2) is 0 Å². The molecule has 0 aliphatic carbocycles. The van der Waals surface area contributed by atoms with Gasteiger partial charge in [0.25, 0.3) is 0 Å². The highest BCUT2D eigenvalue weighted by Gasteiger charge is 2.09. The van der Waals surface area contributed by atoms with E-state index in [2.05, 4.69) is 29.8 Å². The zero-order valence-corrected chi connectivity index (χ0v) is 9.75. The van der Waals surface area contributed by atoms with E-state index in [0.29, 0.717) is 11.9 Å².